The molecule has 0 saturated carbocycles. The summed E-state index contributed by atoms with van der Waals surface area (Å²) in [5, 5.41) is 8.56. The maximum atomic E-state index is 6.54. The highest BCUT2D eigenvalue weighted by atomic mass is 32.2. The van der Waals surface area contributed by atoms with Gasteiger partial charge in [0.05, 0.1) is 16.7 Å². The first-order valence-corrected chi connectivity index (χ1v) is 18.5. The largest absolute Gasteiger partial charge is 0.455 e. The summed E-state index contributed by atoms with van der Waals surface area (Å²) in [6.45, 7) is 0. The van der Waals surface area contributed by atoms with Gasteiger partial charge in [0.1, 0.15) is 16.8 Å². The summed E-state index contributed by atoms with van der Waals surface area (Å²) < 4.78 is 11.6. The van der Waals surface area contributed by atoms with Crippen molar-refractivity contribution in [2.24, 2.45) is 0 Å². The molecule has 52 heavy (non-hydrogen) atoms. The molecule has 0 radical (unpaired) electrons. The number of benzene rings is 8. The summed E-state index contributed by atoms with van der Waals surface area (Å²) in [5.74, 6) is 0. The van der Waals surface area contributed by atoms with Crippen molar-refractivity contribution in [1.29, 1.82) is 0 Å². The second-order valence-corrected chi connectivity index (χ2v) is 14.8. The Hall–Kier alpha value is -6.49. The number of aromatic nitrogens is 2. The standard InChI is InChI=1S/C48H28N2OS/c1-2-12-30(13-3-1)34-16-9-20-39-44(34)45-38-19-10-22-43-46(38)50(48(45)49(39)33-25-23-29-11-4-5-14-31(29)27-33)40-28-32(24-26-42(40)52-43)35-17-8-18-37-36-15-6-7-21-41(36)51-47(35)37/h1-28H. The number of para-hydroxylation sites is 3. The third-order valence-electron chi connectivity index (χ3n) is 10.9. The summed E-state index contributed by atoms with van der Waals surface area (Å²) >= 11 is 1.86. The fraction of sp³-hybridized carbons (Fsp3) is 0. The zero-order valence-electron chi connectivity index (χ0n) is 27.9. The number of furan rings is 1. The number of rotatable bonds is 3. The van der Waals surface area contributed by atoms with Gasteiger partial charge in [-0.25, -0.2) is 0 Å². The molecule has 12 rings (SSSR count). The van der Waals surface area contributed by atoms with E-state index < -0.39 is 0 Å². The molecule has 4 heterocycles. The van der Waals surface area contributed by atoms with Crippen LogP contribution >= 0.6 is 11.8 Å². The predicted molar refractivity (Wildman–Crippen MR) is 217 cm³/mol. The highest BCUT2D eigenvalue weighted by Crippen LogP contribution is 2.52. The number of hydrogen-bond donors (Lipinski definition) is 0. The SMILES string of the molecule is c1ccc(-c2cccc3c2c2c4cccc5c4n(c2n3-c2ccc3ccccc3c2)-c2cc(-c3cccc4c3oc3ccccc34)ccc2S5)cc1. The maximum Gasteiger partial charge on any atom is 0.143 e. The van der Waals surface area contributed by atoms with E-state index in [0.29, 0.717) is 0 Å². The third kappa shape index (κ3) is 3.82. The van der Waals surface area contributed by atoms with E-state index in [4.69, 9.17) is 4.42 Å². The highest BCUT2D eigenvalue weighted by Gasteiger charge is 2.29. The van der Waals surface area contributed by atoms with E-state index in [-0.39, 0.29) is 0 Å². The van der Waals surface area contributed by atoms with Gasteiger partial charge in [0.2, 0.25) is 0 Å². The lowest BCUT2D eigenvalue weighted by molar-refractivity contribution is 0.670. The van der Waals surface area contributed by atoms with Gasteiger partial charge in [-0.05, 0) is 69.9 Å². The van der Waals surface area contributed by atoms with Crippen LogP contribution in [-0.4, -0.2) is 9.13 Å². The second kappa shape index (κ2) is 10.5. The number of hydrogen-bond acceptors (Lipinski definition) is 2. The lowest BCUT2D eigenvalue weighted by Crippen LogP contribution is -2.06. The molecule has 3 nitrogen and oxygen atoms in total. The molecule has 1 aliphatic heterocycles. The van der Waals surface area contributed by atoms with Gasteiger partial charge in [0, 0.05) is 48.0 Å². The molecule has 0 atom stereocenters. The molecule has 4 heteroatoms. The van der Waals surface area contributed by atoms with E-state index in [0.717, 1.165) is 38.8 Å². The monoisotopic (exact) mass is 680 g/mol. The average Bonchev–Trinajstić information content (AvgIpc) is 3.87. The van der Waals surface area contributed by atoms with Crippen LogP contribution in [0.3, 0.4) is 0 Å². The van der Waals surface area contributed by atoms with Gasteiger partial charge < -0.3 is 4.42 Å². The van der Waals surface area contributed by atoms with E-state index >= 15 is 0 Å². The Morgan fingerprint density at radius 2 is 1.23 bits per heavy atom. The Balaban J connectivity index is 1.23. The van der Waals surface area contributed by atoms with Crippen LogP contribution in [0.2, 0.25) is 0 Å². The molecule has 0 aliphatic carbocycles. The van der Waals surface area contributed by atoms with Crippen molar-refractivity contribution < 1.29 is 4.42 Å². The van der Waals surface area contributed by atoms with E-state index in [1.807, 2.05) is 17.8 Å². The second-order valence-electron chi connectivity index (χ2n) is 13.7. The lowest BCUT2D eigenvalue weighted by atomic mass is 9.99. The third-order valence-corrected chi connectivity index (χ3v) is 12.0. The maximum absolute atomic E-state index is 6.54. The van der Waals surface area contributed by atoms with Crippen LogP contribution in [0.25, 0.3) is 99.2 Å². The first-order valence-electron chi connectivity index (χ1n) is 17.7. The van der Waals surface area contributed by atoms with Crippen molar-refractivity contribution in [2.75, 3.05) is 0 Å². The lowest BCUT2D eigenvalue weighted by Gasteiger charge is -2.22. The molecule has 0 N–H and O–H groups in total. The van der Waals surface area contributed by atoms with Crippen molar-refractivity contribution in [1.82, 2.24) is 9.13 Å². The Morgan fingerprint density at radius 1 is 0.462 bits per heavy atom. The minimum Gasteiger partial charge on any atom is -0.455 e. The Labute approximate surface area is 302 Å². The van der Waals surface area contributed by atoms with Crippen molar-refractivity contribution in [3.63, 3.8) is 0 Å². The van der Waals surface area contributed by atoms with Gasteiger partial charge in [0.15, 0.2) is 0 Å². The summed E-state index contributed by atoms with van der Waals surface area (Å²) in [4.78, 5) is 2.50. The Kier molecular flexibility index (Phi) is 5.71. The van der Waals surface area contributed by atoms with E-state index in [1.54, 1.807) is 0 Å². The molecule has 0 saturated heterocycles. The number of fused-ring (bicyclic) bond motifs is 11. The molecule has 242 valence electrons. The minimum atomic E-state index is 0.912. The van der Waals surface area contributed by atoms with Gasteiger partial charge in [-0.3, -0.25) is 9.13 Å². The van der Waals surface area contributed by atoms with Gasteiger partial charge in [0.25, 0.3) is 0 Å². The molecule has 0 unspecified atom stereocenters. The van der Waals surface area contributed by atoms with Gasteiger partial charge >= 0.3 is 0 Å². The molecule has 0 bridgehead atoms. The Morgan fingerprint density at radius 3 is 2.17 bits per heavy atom. The normalized spacial score (nSPS) is 12.5. The zero-order valence-corrected chi connectivity index (χ0v) is 28.7. The quantitative estimate of drug-likeness (QED) is 0.185. The fourth-order valence-corrected chi connectivity index (χ4v) is 9.72. The van der Waals surface area contributed by atoms with Gasteiger partial charge in [-0.1, -0.05) is 139 Å². The Bertz CT molecular complexity index is 3270. The number of nitrogens with zero attached hydrogens (tertiary/aromatic N) is 2. The van der Waals surface area contributed by atoms with Crippen LogP contribution in [0.5, 0.6) is 0 Å². The van der Waals surface area contributed by atoms with E-state index in [2.05, 4.69) is 173 Å². The first kappa shape index (κ1) is 28.2. The molecule has 0 spiro atoms. The summed E-state index contributed by atoms with van der Waals surface area (Å²) in [7, 11) is 0. The molecule has 3 aromatic heterocycles. The molecule has 11 aromatic rings. The summed E-state index contributed by atoms with van der Waals surface area (Å²) in [6, 6.07) is 61.7. The van der Waals surface area contributed by atoms with Crippen molar-refractivity contribution >= 4 is 77.3 Å². The van der Waals surface area contributed by atoms with Crippen LogP contribution in [0.4, 0.5) is 0 Å². The molecule has 1 aliphatic rings. The topological polar surface area (TPSA) is 23.0 Å². The van der Waals surface area contributed by atoms with Crippen LogP contribution < -0.4 is 0 Å². The molecule has 0 fully saturated rings. The van der Waals surface area contributed by atoms with Gasteiger partial charge in [-0.15, -0.1) is 0 Å². The van der Waals surface area contributed by atoms with Crippen LogP contribution in [-0.2, 0) is 0 Å². The first-order chi connectivity index (χ1) is 25.8. The minimum absolute atomic E-state index is 0.912. The van der Waals surface area contributed by atoms with Gasteiger partial charge in [-0.2, -0.15) is 0 Å². The highest BCUT2D eigenvalue weighted by molar-refractivity contribution is 7.99. The molecular weight excluding hydrogens is 653 g/mol. The molecule has 8 aromatic carbocycles. The van der Waals surface area contributed by atoms with E-state index in [1.165, 1.54) is 70.2 Å². The molecule has 0 amide bonds. The smallest absolute Gasteiger partial charge is 0.143 e. The predicted octanol–water partition coefficient (Wildman–Crippen LogP) is 13.6. The summed E-state index contributed by atoms with van der Waals surface area (Å²) in [6.07, 6.45) is 0. The van der Waals surface area contributed by atoms with Crippen LogP contribution in [0.15, 0.2) is 184 Å². The summed E-state index contributed by atoms with van der Waals surface area (Å²) in [5.41, 5.74) is 12.5. The van der Waals surface area contributed by atoms with Crippen molar-refractivity contribution in [2.45, 2.75) is 9.79 Å². The fourth-order valence-electron chi connectivity index (χ4n) is 8.65. The van der Waals surface area contributed by atoms with Crippen LogP contribution in [0.1, 0.15) is 0 Å². The molecular formula is C48H28N2OS. The zero-order chi connectivity index (χ0) is 33.9. The van der Waals surface area contributed by atoms with Crippen LogP contribution in [0, 0.1) is 0 Å². The van der Waals surface area contributed by atoms with E-state index in [9.17, 15) is 0 Å². The van der Waals surface area contributed by atoms with Crippen molar-refractivity contribution in [3.8, 4) is 33.6 Å². The van der Waals surface area contributed by atoms with Crippen molar-refractivity contribution in [3.05, 3.63) is 170 Å². The average molecular weight is 681 g/mol.